The van der Waals surface area contributed by atoms with E-state index in [-0.39, 0.29) is 16.6 Å². The largest absolute Gasteiger partial charge is 0.497 e. The Morgan fingerprint density at radius 1 is 0.596 bits per heavy atom. The number of hydrogen-bond acceptors (Lipinski definition) is 7. The minimum absolute atomic E-state index is 0.281. The van der Waals surface area contributed by atoms with Crippen molar-refractivity contribution in [3.63, 3.8) is 0 Å². The molecule has 4 aliphatic carbocycles. The van der Waals surface area contributed by atoms with Gasteiger partial charge in [0.05, 0.1) is 63.0 Å². The van der Waals surface area contributed by atoms with Gasteiger partial charge in [0.1, 0.15) is 5.76 Å². The van der Waals surface area contributed by atoms with E-state index in [1.165, 1.54) is 70.6 Å². The van der Waals surface area contributed by atoms with Gasteiger partial charge in [0.2, 0.25) is 0 Å². The number of carboxylic acids is 1. The standard InChI is InChI=1S/C44H74O8/c1-5-39(29-47-30-39)17-11-8-14-20-50-37(35(4)38(45)46)42-23-36-24-43(26-42,51-21-15-9-12-18-40(6-2)31-48-32-40)28-44(25-36,27-42)52-22-16-10-13-19-41(7-3)33-49-34-41/h36H,5-34H2,1-4H3,(H,45,46). The van der Waals surface area contributed by atoms with Crippen molar-refractivity contribution in [3.8, 4) is 0 Å². The van der Waals surface area contributed by atoms with E-state index in [4.69, 9.17) is 28.4 Å². The van der Waals surface area contributed by atoms with Crippen molar-refractivity contribution in [2.24, 2.45) is 27.6 Å². The topological polar surface area (TPSA) is 92.7 Å². The molecule has 8 nitrogen and oxygen atoms in total. The van der Waals surface area contributed by atoms with Crippen LogP contribution in [-0.2, 0) is 33.2 Å². The number of ether oxygens (including phenoxy) is 6. The Balaban J connectivity index is 1.09. The zero-order valence-electron chi connectivity index (χ0n) is 33.6. The smallest absolute Gasteiger partial charge is 0.334 e. The van der Waals surface area contributed by atoms with Crippen LogP contribution in [0.25, 0.3) is 0 Å². The van der Waals surface area contributed by atoms with Crippen molar-refractivity contribution < 1.29 is 38.3 Å². The van der Waals surface area contributed by atoms with Gasteiger partial charge in [-0.1, -0.05) is 59.3 Å². The monoisotopic (exact) mass is 731 g/mol. The summed E-state index contributed by atoms with van der Waals surface area (Å²) in [5.41, 5.74) is 0.653. The molecule has 1 N–H and O–H groups in total. The van der Waals surface area contributed by atoms with Gasteiger partial charge in [-0.15, -0.1) is 0 Å². The van der Waals surface area contributed by atoms with Gasteiger partial charge in [-0.3, -0.25) is 0 Å². The van der Waals surface area contributed by atoms with Crippen LogP contribution in [0.2, 0.25) is 0 Å². The second-order valence-electron chi connectivity index (χ2n) is 18.9. The van der Waals surface area contributed by atoms with Crippen molar-refractivity contribution >= 4 is 5.97 Å². The second kappa shape index (κ2) is 17.3. The van der Waals surface area contributed by atoms with Gasteiger partial charge in [-0.05, 0) is 103 Å². The lowest BCUT2D eigenvalue weighted by Gasteiger charge is -2.66. The SMILES string of the molecule is CCC1(CCCCCOC(=C(C)C(=O)O)C23CC4CC(OCCCCCC5(CC)COC5)(CC(OCCCCCC5(CC)COC5)(C4)C2)C3)COC1. The summed E-state index contributed by atoms with van der Waals surface area (Å²) in [7, 11) is 0. The number of carboxylic acid groups (broad SMARTS) is 1. The third kappa shape index (κ3) is 9.09. The highest BCUT2D eigenvalue weighted by Gasteiger charge is 2.66. The molecular formula is C44H74O8. The van der Waals surface area contributed by atoms with E-state index in [9.17, 15) is 9.90 Å². The zero-order chi connectivity index (χ0) is 36.8. The predicted octanol–water partition coefficient (Wildman–Crippen LogP) is 9.82. The van der Waals surface area contributed by atoms with Crippen LogP contribution in [0.4, 0.5) is 0 Å². The molecule has 8 heteroatoms. The van der Waals surface area contributed by atoms with Gasteiger partial charge in [0, 0.05) is 41.3 Å². The third-order valence-electron chi connectivity index (χ3n) is 14.9. The van der Waals surface area contributed by atoms with Gasteiger partial charge in [-0.25, -0.2) is 4.79 Å². The lowest BCUT2D eigenvalue weighted by molar-refractivity contribution is -0.261. The van der Waals surface area contributed by atoms with E-state index in [1.807, 2.05) is 0 Å². The number of aliphatic carboxylic acids is 1. The molecule has 0 aromatic rings. The first kappa shape index (κ1) is 40.5. The van der Waals surface area contributed by atoms with Crippen molar-refractivity contribution in [2.45, 2.75) is 174 Å². The first-order chi connectivity index (χ1) is 25.1. The van der Waals surface area contributed by atoms with Crippen LogP contribution in [0, 0.1) is 27.6 Å². The van der Waals surface area contributed by atoms with E-state index in [0.29, 0.717) is 34.3 Å². The molecule has 52 heavy (non-hydrogen) atoms. The Labute approximate surface area is 315 Å². The van der Waals surface area contributed by atoms with Crippen LogP contribution in [0.15, 0.2) is 11.3 Å². The van der Waals surface area contributed by atoms with E-state index in [1.54, 1.807) is 6.92 Å². The molecule has 7 aliphatic rings. The minimum Gasteiger partial charge on any atom is -0.497 e. The van der Waals surface area contributed by atoms with Gasteiger partial charge in [0.15, 0.2) is 0 Å². The zero-order valence-corrected chi connectivity index (χ0v) is 33.6. The first-order valence-corrected chi connectivity index (χ1v) is 21.7. The lowest BCUT2D eigenvalue weighted by atomic mass is 9.45. The predicted molar refractivity (Wildman–Crippen MR) is 203 cm³/mol. The lowest BCUT2D eigenvalue weighted by Crippen LogP contribution is -2.65. The molecule has 3 aliphatic heterocycles. The average molecular weight is 731 g/mol. The molecule has 3 heterocycles. The summed E-state index contributed by atoms with van der Waals surface area (Å²) in [6.45, 7) is 16.2. The van der Waals surface area contributed by atoms with Gasteiger partial charge in [0.25, 0.3) is 0 Å². The molecule has 3 saturated heterocycles. The number of hydrogen-bond donors (Lipinski definition) is 1. The van der Waals surface area contributed by atoms with E-state index >= 15 is 0 Å². The summed E-state index contributed by atoms with van der Waals surface area (Å²) in [5, 5.41) is 10.4. The first-order valence-electron chi connectivity index (χ1n) is 21.7. The maximum atomic E-state index is 12.7. The van der Waals surface area contributed by atoms with Gasteiger partial charge >= 0.3 is 5.97 Å². The number of rotatable bonds is 26. The summed E-state index contributed by atoms with van der Waals surface area (Å²) in [4.78, 5) is 12.7. The summed E-state index contributed by atoms with van der Waals surface area (Å²) >= 11 is 0. The Bertz CT molecular complexity index is 1130. The van der Waals surface area contributed by atoms with Crippen LogP contribution < -0.4 is 0 Å². The fourth-order valence-electron chi connectivity index (χ4n) is 11.4. The van der Waals surface area contributed by atoms with E-state index in [0.717, 1.165) is 123 Å². The maximum Gasteiger partial charge on any atom is 0.334 e. The number of carbonyl (C=O) groups is 1. The molecule has 298 valence electrons. The normalized spacial score (nSPS) is 32.4. The number of unbranched alkanes of at least 4 members (excludes halogenated alkanes) is 6. The van der Waals surface area contributed by atoms with E-state index in [2.05, 4.69) is 20.8 Å². The average Bonchev–Trinajstić information content (AvgIpc) is 3.06. The molecule has 0 amide bonds. The molecule has 7 fully saturated rings. The highest BCUT2D eigenvalue weighted by molar-refractivity contribution is 5.86. The minimum atomic E-state index is -0.867. The molecule has 0 spiro atoms. The summed E-state index contributed by atoms with van der Waals surface area (Å²) in [6, 6.07) is 0. The van der Waals surface area contributed by atoms with Crippen LogP contribution in [0.5, 0.6) is 0 Å². The molecule has 0 radical (unpaired) electrons. The Morgan fingerprint density at radius 2 is 1.02 bits per heavy atom. The second-order valence-corrected chi connectivity index (χ2v) is 18.9. The van der Waals surface area contributed by atoms with Crippen LogP contribution in [0.3, 0.4) is 0 Å². The highest BCUT2D eigenvalue weighted by atomic mass is 16.5. The Kier molecular flexibility index (Phi) is 13.5. The Hall–Kier alpha value is -1.19. The molecule has 2 unspecified atom stereocenters. The molecule has 0 aromatic heterocycles. The molecule has 4 bridgehead atoms. The van der Waals surface area contributed by atoms with Gasteiger partial charge < -0.3 is 33.5 Å². The van der Waals surface area contributed by atoms with Crippen LogP contribution in [-0.4, -0.2) is 81.7 Å². The fourth-order valence-corrected chi connectivity index (χ4v) is 11.4. The van der Waals surface area contributed by atoms with Crippen LogP contribution >= 0.6 is 0 Å². The van der Waals surface area contributed by atoms with Crippen LogP contribution in [0.1, 0.15) is 163 Å². The number of allylic oxidation sites excluding steroid dienone is 1. The van der Waals surface area contributed by atoms with Crippen molar-refractivity contribution in [3.05, 3.63) is 11.3 Å². The quantitative estimate of drug-likeness (QED) is 0.0535. The molecule has 2 atom stereocenters. The summed E-state index contributed by atoms with van der Waals surface area (Å²) in [5.74, 6) is 0.314. The van der Waals surface area contributed by atoms with Crippen molar-refractivity contribution in [1.82, 2.24) is 0 Å². The molecular weight excluding hydrogens is 656 g/mol. The maximum absolute atomic E-state index is 12.7. The summed E-state index contributed by atoms with van der Waals surface area (Å²) < 4.78 is 37.5. The summed E-state index contributed by atoms with van der Waals surface area (Å²) in [6.07, 6.45) is 23.1. The van der Waals surface area contributed by atoms with E-state index < -0.39 is 5.97 Å². The third-order valence-corrected chi connectivity index (χ3v) is 14.9. The van der Waals surface area contributed by atoms with Gasteiger partial charge in [-0.2, -0.15) is 0 Å². The highest BCUT2D eigenvalue weighted by Crippen LogP contribution is 2.68. The van der Waals surface area contributed by atoms with Crippen molar-refractivity contribution in [1.29, 1.82) is 0 Å². The fraction of sp³-hybridized carbons (Fsp3) is 0.932. The molecule has 7 rings (SSSR count). The Morgan fingerprint density at radius 3 is 1.38 bits per heavy atom. The molecule has 4 saturated carbocycles. The molecule has 0 aromatic carbocycles. The van der Waals surface area contributed by atoms with Crippen molar-refractivity contribution in [2.75, 3.05) is 59.5 Å².